The molecule has 1 aliphatic heterocycles. The summed E-state index contributed by atoms with van der Waals surface area (Å²) in [5, 5.41) is 3.44. The molecule has 2 atom stereocenters. The molecule has 0 aliphatic carbocycles. The Hall–Kier alpha value is -0.0800. The molecule has 0 aromatic rings. The minimum absolute atomic E-state index is 0.451. The van der Waals surface area contributed by atoms with Crippen LogP contribution in [0, 0.1) is 11.3 Å². The second-order valence-electron chi connectivity index (χ2n) is 3.91. The molecular formula is C9H20N2. The van der Waals surface area contributed by atoms with Crippen LogP contribution >= 0.6 is 0 Å². The fourth-order valence-corrected chi connectivity index (χ4v) is 1.96. The highest BCUT2D eigenvalue weighted by atomic mass is 14.9. The first-order valence-corrected chi connectivity index (χ1v) is 4.63. The van der Waals surface area contributed by atoms with Crippen LogP contribution < -0.4 is 11.1 Å². The van der Waals surface area contributed by atoms with Gasteiger partial charge in [0.2, 0.25) is 0 Å². The maximum Gasteiger partial charge on any atom is 0.000820 e. The Labute approximate surface area is 69.5 Å². The Morgan fingerprint density at radius 1 is 1.64 bits per heavy atom. The maximum atomic E-state index is 5.73. The van der Waals surface area contributed by atoms with Gasteiger partial charge in [-0.2, -0.15) is 0 Å². The molecule has 1 fully saturated rings. The van der Waals surface area contributed by atoms with Crippen LogP contribution in [0.15, 0.2) is 0 Å². The van der Waals surface area contributed by atoms with E-state index in [4.69, 9.17) is 5.73 Å². The average Bonchev–Trinajstić information content (AvgIpc) is 2.05. The van der Waals surface area contributed by atoms with Gasteiger partial charge in [-0.3, -0.25) is 0 Å². The molecule has 0 radical (unpaired) electrons. The lowest BCUT2D eigenvalue weighted by atomic mass is 9.71. The van der Waals surface area contributed by atoms with E-state index in [2.05, 4.69) is 19.2 Å². The van der Waals surface area contributed by atoms with Crippen molar-refractivity contribution in [1.29, 1.82) is 0 Å². The SMILES string of the molecule is CC[C@]1(C)CNCC[C@@H]1CN. The summed E-state index contributed by atoms with van der Waals surface area (Å²) < 4.78 is 0. The summed E-state index contributed by atoms with van der Waals surface area (Å²) in [4.78, 5) is 0. The number of rotatable bonds is 2. The summed E-state index contributed by atoms with van der Waals surface area (Å²) in [5.74, 6) is 0.730. The van der Waals surface area contributed by atoms with Gasteiger partial charge in [0.15, 0.2) is 0 Å². The van der Waals surface area contributed by atoms with Gasteiger partial charge in [-0.05, 0) is 37.3 Å². The van der Waals surface area contributed by atoms with Crippen molar-refractivity contribution in [3.8, 4) is 0 Å². The van der Waals surface area contributed by atoms with E-state index < -0.39 is 0 Å². The molecule has 0 bridgehead atoms. The van der Waals surface area contributed by atoms with Crippen LogP contribution in [0.3, 0.4) is 0 Å². The second-order valence-corrected chi connectivity index (χ2v) is 3.91. The largest absolute Gasteiger partial charge is 0.330 e. The van der Waals surface area contributed by atoms with Crippen molar-refractivity contribution < 1.29 is 0 Å². The van der Waals surface area contributed by atoms with Crippen LogP contribution in [0.4, 0.5) is 0 Å². The van der Waals surface area contributed by atoms with Gasteiger partial charge in [-0.25, -0.2) is 0 Å². The number of nitrogens with one attached hydrogen (secondary N) is 1. The monoisotopic (exact) mass is 156 g/mol. The van der Waals surface area contributed by atoms with Crippen molar-refractivity contribution in [3.05, 3.63) is 0 Å². The summed E-state index contributed by atoms with van der Waals surface area (Å²) in [7, 11) is 0. The van der Waals surface area contributed by atoms with E-state index in [0.717, 1.165) is 25.6 Å². The number of nitrogens with two attached hydrogens (primary N) is 1. The van der Waals surface area contributed by atoms with E-state index in [-0.39, 0.29) is 0 Å². The van der Waals surface area contributed by atoms with E-state index in [0.29, 0.717) is 5.41 Å². The third-order valence-corrected chi connectivity index (χ3v) is 3.28. The molecule has 1 rings (SSSR count). The number of hydrogen-bond donors (Lipinski definition) is 2. The van der Waals surface area contributed by atoms with Crippen LogP contribution in [-0.2, 0) is 0 Å². The Morgan fingerprint density at radius 3 is 2.82 bits per heavy atom. The normalized spacial score (nSPS) is 39.0. The Morgan fingerprint density at radius 2 is 2.36 bits per heavy atom. The predicted octanol–water partition coefficient (Wildman–Crippen LogP) is 0.971. The standard InChI is InChI=1S/C9H20N2/c1-3-9(2)7-11-5-4-8(9)6-10/h8,11H,3-7,10H2,1-2H3/t8-,9-/m1/s1. The van der Waals surface area contributed by atoms with E-state index in [1.54, 1.807) is 0 Å². The first-order valence-electron chi connectivity index (χ1n) is 4.63. The van der Waals surface area contributed by atoms with Crippen molar-refractivity contribution >= 4 is 0 Å². The molecule has 11 heavy (non-hydrogen) atoms. The lowest BCUT2D eigenvalue weighted by Gasteiger charge is -2.40. The van der Waals surface area contributed by atoms with Gasteiger partial charge in [0.1, 0.15) is 0 Å². The van der Waals surface area contributed by atoms with Crippen LogP contribution in [0.25, 0.3) is 0 Å². The Kier molecular flexibility index (Phi) is 2.90. The smallest absolute Gasteiger partial charge is 0.000820 e. The van der Waals surface area contributed by atoms with E-state index in [1.165, 1.54) is 12.8 Å². The maximum absolute atomic E-state index is 5.73. The van der Waals surface area contributed by atoms with Gasteiger partial charge >= 0.3 is 0 Å². The van der Waals surface area contributed by atoms with Gasteiger partial charge in [0.05, 0.1) is 0 Å². The molecule has 3 N–H and O–H groups in total. The van der Waals surface area contributed by atoms with Gasteiger partial charge in [0.25, 0.3) is 0 Å². The zero-order valence-electron chi connectivity index (χ0n) is 7.69. The van der Waals surface area contributed by atoms with Crippen molar-refractivity contribution in [3.63, 3.8) is 0 Å². The van der Waals surface area contributed by atoms with Gasteiger partial charge < -0.3 is 11.1 Å². The third-order valence-electron chi connectivity index (χ3n) is 3.28. The quantitative estimate of drug-likeness (QED) is 0.625. The second kappa shape index (κ2) is 3.55. The van der Waals surface area contributed by atoms with Crippen LogP contribution in [0.2, 0.25) is 0 Å². The lowest BCUT2D eigenvalue weighted by molar-refractivity contribution is 0.133. The first-order chi connectivity index (χ1) is 5.23. The fraction of sp³-hybridized carbons (Fsp3) is 1.00. The molecule has 1 saturated heterocycles. The predicted molar refractivity (Wildman–Crippen MR) is 48.4 cm³/mol. The van der Waals surface area contributed by atoms with Gasteiger partial charge in [-0.1, -0.05) is 13.8 Å². The van der Waals surface area contributed by atoms with Crippen molar-refractivity contribution in [2.24, 2.45) is 17.1 Å². The molecule has 1 heterocycles. The summed E-state index contributed by atoms with van der Waals surface area (Å²) in [6.07, 6.45) is 2.49. The van der Waals surface area contributed by atoms with Gasteiger partial charge in [-0.15, -0.1) is 0 Å². The van der Waals surface area contributed by atoms with E-state index in [1.807, 2.05) is 0 Å². The Balaban J connectivity index is 2.57. The fourth-order valence-electron chi connectivity index (χ4n) is 1.96. The molecular weight excluding hydrogens is 136 g/mol. The summed E-state index contributed by atoms with van der Waals surface area (Å²) in [5.41, 5.74) is 6.18. The molecule has 2 heteroatoms. The minimum atomic E-state index is 0.451. The van der Waals surface area contributed by atoms with Crippen LogP contribution in [-0.4, -0.2) is 19.6 Å². The topological polar surface area (TPSA) is 38.0 Å². The molecule has 0 aromatic carbocycles. The average molecular weight is 156 g/mol. The van der Waals surface area contributed by atoms with Crippen LogP contribution in [0.1, 0.15) is 26.7 Å². The molecule has 0 saturated carbocycles. The first kappa shape index (κ1) is 9.01. The lowest BCUT2D eigenvalue weighted by Crippen LogP contribution is -2.47. The highest BCUT2D eigenvalue weighted by Crippen LogP contribution is 2.34. The zero-order valence-corrected chi connectivity index (χ0v) is 7.69. The molecule has 1 aliphatic rings. The molecule has 2 nitrogen and oxygen atoms in total. The van der Waals surface area contributed by atoms with Gasteiger partial charge in [0, 0.05) is 6.54 Å². The summed E-state index contributed by atoms with van der Waals surface area (Å²) in [6.45, 7) is 7.75. The zero-order chi connectivity index (χ0) is 8.32. The molecule has 0 aromatic heterocycles. The molecule has 0 amide bonds. The summed E-state index contributed by atoms with van der Waals surface area (Å²) in [6, 6.07) is 0. The number of piperidine rings is 1. The van der Waals surface area contributed by atoms with E-state index >= 15 is 0 Å². The van der Waals surface area contributed by atoms with Crippen molar-refractivity contribution in [1.82, 2.24) is 5.32 Å². The highest BCUT2D eigenvalue weighted by Gasteiger charge is 2.33. The summed E-state index contributed by atoms with van der Waals surface area (Å²) >= 11 is 0. The van der Waals surface area contributed by atoms with Crippen molar-refractivity contribution in [2.45, 2.75) is 26.7 Å². The number of hydrogen-bond acceptors (Lipinski definition) is 2. The van der Waals surface area contributed by atoms with E-state index in [9.17, 15) is 0 Å². The molecule has 66 valence electrons. The van der Waals surface area contributed by atoms with Crippen molar-refractivity contribution in [2.75, 3.05) is 19.6 Å². The minimum Gasteiger partial charge on any atom is -0.330 e. The highest BCUT2D eigenvalue weighted by molar-refractivity contribution is 4.87. The molecule has 0 spiro atoms. The third kappa shape index (κ3) is 1.74. The Bertz CT molecular complexity index is 125. The van der Waals surface area contributed by atoms with Crippen LogP contribution in [0.5, 0.6) is 0 Å². The molecule has 0 unspecified atom stereocenters.